The first-order valence-electron chi connectivity index (χ1n) is 8.75. The molecule has 0 radical (unpaired) electrons. The number of nitriles is 1. The summed E-state index contributed by atoms with van der Waals surface area (Å²) in [6, 6.07) is 27.7. The molecule has 0 unspecified atom stereocenters. The largest absolute Gasteiger partial charge is 0.321 e. The summed E-state index contributed by atoms with van der Waals surface area (Å²) in [5, 5.41) is 16.6. The van der Waals surface area contributed by atoms with Gasteiger partial charge in [-0.3, -0.25) is 4.79 Å². The van der Waals surface area contributed by atoms with E-state index < -0.39 is 5.91 Å². The fourth-order valence-corrected chi connectivity index (χ4v) is 3.81. The van der Waals surface area contributed by atoms with Crippen LogP contribution in [0.2, 0.25) is 0 Å². The van der Waals surface area contributed by atoms with E-state index in [9.17, 15) is 10.1 Å². The van der Waals surface area contributed by atoms with E-state index in [2.05, 4.69) is 40.0 Å². The van der Waals surface area contributed by atoms with Crippen LogP contribution in [0.5, 0.6) is 0 Å². The van der Waals surface area contributed by atoms with Gasteiger partial charge in [-0.15, -0.1) is 0 Å². The minimum atomic E-state index is -0.415. The lowest BCUT2D eigenvalue weighted by atomic mass is 9.95. The molecule has 1 amide bonds. The Morgan fingerprint density at radius 2 is 1.54 bits per heavy atom. The monoisotopic (exact) mass is 474 g/mol. The molecule has 134 valence electrons. The second-order valence-corrected chi connectivity index (χ2v) is 7.61. The summed E-state index contributed by atoms with van der Waals surface area (Å²) in [4.78, 5) is 12.7. The van der Waals surface area contributed by atoms with Gasteiger partial charge in [0, 0.05) is 9.26 Å². The number of carbonyl (C=O) groups is 1. The van der Waals surface area contributed by atoms with Gasteiger partial charge < -0.3 is 5.32 Å². The standard InChI is InChI=1S/C24H15IN2O/c25-19-8-5-9-20(14-19)27-24(28)18(15-26)13-23-21-10-3-1-6-16(21)12-17-7-2-4-11-22(17)23/h1-14H,(H,27,28)/b18-13+. The molecule has 0 aliphatic heterocycles. The van der Waals surface area contributed by atoms with Crippen LogP contribution in [0.4, 0.5) is 5.69 Å². The van der Waals surface area contributed by atoms with Gasteiger partial charge >= 0.3 is 0 Å². The van der Waals surface area contributed by atoms with Crippen molar-refractivity contribution in [1.29, 1.82) is 5.26 Å². The Balaban J connectivity index is 1.84. The van der Waals surface area contributed by atoms with Crippen molar-refractivity contribution in [2.24, 2.45) is 0 Å². The van der Waals surface area contributed by atoms with Gasteiger partial charge in [-0.1, -0.05) is 54.6 Å². The molecule has 28 heavy (non-hydrogen) atoms. The minimum Gasteiger partial charge on any atom is -0.321 e. The fraction of sp³-hybridized carbons (Fsp3) is 0. The van der Waals surface area contributed by atoms with Crippen LogP contribution in [-0.4, -0.2) is 5.91 Å². The van der Waals surface area contributed by atoms with Crippen molar-refractivity contribution < 1.29 is 4.79 Å². The molecule has 1 N–H and O–H groups in total. The quantitative estimate of drug-likeness (QED) is 0.168. The van der Waals surface area contributed by atoms with E-state index in [1.807, 2.05) is 72.8 Å². The van der Waals surface area contributed by atoms with Crippen molar-refractivity contribution in [3.63, 3.8) is 0 Å². The van der Waals surface area contributed by atoms with Gasteiger partial charge in [0.25, 0.3) is 5.91 Å². The van der Waals surface area contributed by atoms with E-state index in [0.29, 0.717) is 5.69 Å². The van der Waals surface area contributed by atoms with Gasteiger partial charge in [0.2, 0.25) is 0 Å². The maximum absolute atomic E-state index is 12.7. The van der Waals surface area contributed by atoms with Crippen LogP contribution < -0.4 is 5.32 Å². The van der Waals surface area contributed by atoms with Crippen LogP contribution in [-0.2, 0) is 4.79 Å². The molecule has 0 aromatic heterocycles. The van der Waals surface area contributed by atoms with Crippen molar-refractivity contribution >= 4 is 61.8 Å². The molecule has 0 fully saturated rings. The lowest BCUT2D eigenvalue weighted by Gasteiger charge is -2.10. The smallest absolute Gasteiger partial charge is 0.266 e. The minimum absolute atomic E-state index is 0.0698. The van der Waals surface area contributed by atoms with Gasteiger partial charge in [0.1, 0.15) is 11.6 Å². The molecular weight excluding hydrogens is 459 g/mol. The van der Waals surface area contributed by atoms with Gasteiger partial charge in [-0.05, 0) is 80.0 Å². The highest BCUT2D eigenvalue weighted by Gasteiger charge is 2.13. The van der Waals surface area contributed by atoms with Crippen LogP contribution in [0.25, 0.3) is 27.6 Å². The number of amides is 1. The molecule has 4 heteroatoms. The predicted octanol–water partition coefficient (Wildman–Crippen LogP) is 6.14. The number of benzene rings is 4. The van der Waals surface area contributed by atoms with Crippen molar-refractivity contribution in [2.75, 3.05) is 5.32 Å². The molecule has 0 atom stereocenters. The summed E-state index contributed by atoms with van der Waals surface area (Å²) in [5.74, 6) is -0.415. The topological polar surface area (TPSA) is 52.9 Å². The number of carbonyl (C=O) groups excluding carboxylic acids is 1. The zero-order valence-corrected chi connectivity index (χ0v) is 17.0. The summed E-state index contributed by atoms with van der Waals surface area (Å²) in [5.41, 5.74) is 1.62. The van der Waals surface area contributed by atoms with Gasteiger partial charge in [-0.2, -0.15) is 5.26 Å². The summed E-state index contributed by atoms with van der Waals surface area (Å²) in [6.45, 7) is 0. The number of halogens is 1. The lowest BCUT2D eigenvalue weighted by molar-refractivity contribution is -0.112. The fourth-order valence-electron chi connectivity index (χ4n) is 3.26. The van der Waals surface area contributed by atoms with Crippen molar-refractivity contribution in [2.45, 2.75) is 0 Å². The van der Waals surface area contributed by atoms with Crippen LogP contribution >= 0.6 is 22.6 Å². The van der Waals surface area contributed by atoms with Crippen LogP contribution in [0.1, 0.15) is 5.56 Å². The predicted molar refractivity (Wildman–Crippen MR) is 123 cm³/mol. The molecule has 0 saturated heterocycles. The Morgan fingerprint density at radius 1 is 0.893 bits per heavy atom. The third-order valence-electron chi connectivity index (χ3n) is 4.55. The summed E-state index contributed by atoms with van der Waals surface area (Å²) in [7, 11) is 0. The van der Waals surface area contributed by atoms with E-state index in [1.54, 1.807) is 6.08 Å². The molecule has 0 heterocycles. The van der Waals surface area contributed by atoms with Crippen LogP contribution in [0.15, 0.2) is 84.4 Å². The number of nitrogens with one attached hydrogen (secondary N) is 1. The zero-order chi connectivity index (χ0) is 19.5. The molecule has 3 nitrogen and oxygen atoms in total. The molecule has 4 aromatic carbocycles. The van der Waals surface area contributed by atoms with E-state index in [-0.39, 0.29) is 5.57 Å². The first-order chi connectivity index (χ1) is 13.7. The van der Waals surface area contributed by atoms with Crippen molar-refractivity contribution in [1.82, 2.24) is 0 Å². The van der Waals surface area contributed by atoms with Crippen LogP contribution in [0.3, 0.4) is 0 Å². The van der Waals surface area contributed by atoms with Crippen molar-refractivity contribution in [3.8, 4) is 6.07 Å². The Labute approximate surface area is 176 Å². The Hall–Kier alpha value is -3.17. The number of hydrogen-bond donors (Lipinski definition) is 1. The van der Waals surface area contributed by atoms with Crippen LogP contribution in [0, 0.1) is 14.9 Å². The number of hydrogen-bond acceptors (Lipinski definition) is 2. The zero-order valence-electron chi connectivity index (χ0n) is 14.8. The highest BCUT2D eigenvalue weighted by Crippen LogP contribution is 2.30. The molecule has 0 bridgehead atoms. The molecule has 0 aliphatic rings. The Morgan fingerprint density at radius 3 is 2.14 bits per heavy atom. The Bertz CT molecular complexity index is 1230. The van der Waals surface area contributed by atoms with E-state index in [1.165, 1.54) is 0 Å². The number of anilines is 1. The number of nitrogens with zero attached hydrogens (tertiary/aromatic N) is 1. The molecule has 4 aromatic rings. The average molecular weight is 474 g/mol. The first-order valence-corrected chi connectivity index (χ1v) is 9.83. The third-order valence-corrected chi connectivity index (χ3v) is 5.22. The third kappa shape index (κ3) is 3.62. The lowest BCUT2D eigenvalue weighted by Crippen LogP contribution is -2.13. The SMILES string of the molecule is N#C/C(=C\c1c2ccccc2cc2ccccc12)C(=O)Nc1cccc(I)c1. The summed E-state index contributed by atoms with van der Waals surface area (Å²) < 4.78 is 1.01. The van der Waals surface area contributed by atoms with E-state index >= 15 is 0 Å². The van der Waals surface area contributed by atoms with Gasteiger partial charge in [-0.25, -0.2) is 0 Å². The van der Waals surface area contributed by atoms with E-state index in [4.69, 9.17) is 0 Å². The summed E-state index contributed by atoms with van der Waals surface area (Å²) >= 11 is 2.19. The molecule has 0 saturated carbocycles. The first kappa shape index (κ1) is 18.2. The van der Waals surface area contributed by atoms with Gasteiger partial charge in [0.05, 0.1) is 0 Å². The number of fused-ring (bicyclic) bond motifs is 2. The Kier molecular flexibility index (Phi) is 5.09. The second-order valence-electron chi connectivity index (χ2n) is 6.37. The van der Waals surface area contributed by atoms with Gasteiger partial charge in [0.15, 0.2) is 0 Å². The molecular formula is C24H15IN2O. The summed E-state index contributed by atoms with van der Waals surface area (Å²) in [6.07, 6.45) is 1.69. The number of rotatable bonds is 3. The molecule has 0 aliphatic carbocycles. The second kappa shape index (κ2) is 7.83. The van der Waals surface area contributed by atoms with E-state index in [0.717, 1.165) is 30.7 Å². The highest BCUT2D eigenvalue weighted by atomic mass is 127. The highest BCUT2D eigenvalue weighted by molar-refractivity contribution is 14.1. The van der Waals surface area contributed by atoms with Crippen molar-refractivity contribution in [3.05, 3.63) is 93.6 Å². The maximum Gasteiger partial charge on any atom is 0.266 e. The molecule has 4 rings (SSSR count). The normalized spacial score (nSPS) is 11.4. The average Bonchev–Trinajstić information content (AvgIpc) is 2.71. The molecule has 0 spiro atoms. The maximum atomic E-state index is 12.7.